The van der Waals surface area contributed by atoms with Crippen LogP contribution >= 0.6 is 0 Å². The summed E-state index contributed by atoms with van der Waals surface area (Å²) in [6.45, 7) is 4.49. The lowest BCUT2D eigenvalue weighted by Gasteiger charge is -2.20. The fourth-order valence-corrected chi connectivity index (χ4v) is 4.51. The Labute approximate surface area is 219 Å². The lowest BCUT2D eigenvalue weighted by atomic mass is 9.94. The number of rotatable bonds is 8. The van der Waals surface area contributed by atoms with Crippen LogP contribution in [-0.4, -0.2) is 34.0 Å². The normalized spacial score (nSPS) is 14.1. The van der Waals surface area contributed by atoms with E-state index in [1.807, 2.05) is 6.92 Å². The molecule has 9 nitrogen and oxygen atoms in total. The van der Waals surface area contributed by atoms with Crippen molar-refractivity contribution < 1.29 is 9.18 Å². The number of benzene rings is 1. The van der Waals surface area contributed by atoms with Gasteiger partial charge in [-0.2, -0.15) is 0 Å². The zero-order valence-electron chi connectivity index (χ0n) is 21.8. The van der Waals surface area contributed by atoms with E-state index in [0.29, 0.717) is 30.6 Å². The molecule has 0 saturated heterocycles. The molecular formula is C27H29BFN5O4. The molecular weight excluding hydrogens is 488 g/mol. The molecule has 2 N–H and O–H groups in total. The Hall–Kier alpha value is -4.15. The lowest BCUT2D eigenvalue weighted by Crippen LogP contribution is -2.41. The quantitative estimate of drug-likeness (QED) is 0.353. The van der Waals surface area contributed by atoms with Crippen molar-refractivity contribution in [2.24, 2.45) is 7.05 Å². The first-order chi connectivity index (χ1) is 18.0. The van der Waals surface area contributed by atoms with Gasteiger partial charge in [-0.1, -0.05) is 18.5 Å². The molecule has 0 bridgehead atoms. The monoisotopic (exact) mass is 517 g/mol. The van der Waals surface area contributed by atoms with Crippen LogP contribution in [0, 0.1) is 6.92 Å². The van der Waals surface area contributed by atoms with Crippen molar-refractivity contribution in [3.8, 4) is 5.69 Å². The highest BCUT2D eigenvalue weighted by molar-refractivity contribution is 6.23. The Morgan fingerprint density at radius 3 is 2.39 bits per heavy atom. The Balaban J connectivity index is 1.98. The Morgan fingerprint density at radius 2 is 1.82 bits per heavy atom. The molecule has 2 radical (unpaired) electrons. The Morgan fingerprint density at radius 1 is 1.16 bits per heavy atom. The van der Waals surface area contributed by atoms with E-state index in [2.05, 4.69) is 10.6 Å². The van der Waals surface area contributed by atoms with Gasteiger partial charge in [-0.3, -0.25) is 28.1 Å². The number of fused-ring (bicyclic) bond motifs is 1. The molecule has 4 rings (SSSR count). The van der Waals surface area contributed by atoms with Crippen LogP contribution in [0.2, 0.25) is 0 Å². The molecule has 0 atom stereocenters. The molecule has 38 heavy (non-hydrogen) atoms. The summed E-state index contributed by atoms with van der Waals surface area (Å²) in [5.74, 6) is -0.732. The van der Waals surface area contributed by atoms with Gasteiger partial charge in [0, 0.05) is 31.3 Å². The van der Waals surface area contributed by atoms with Crippen LogP contribution in [-0.2, 0) is 11.8 Å². The number of hydrogen-bond donors (Lipinski definition) is 2. The van der Waals surface area contributed by atoms with Crippen LogP contribution in [0.1, 0.15) is 44.7 Å². The average Bonchev–Trinajstić information content (AvgIpc) is 3.68. The molecule has 3 aromatic rings. The molecule has 1 saturated carbocycles. The van der Waals surface area contributed by atoms with Crippen LogP contribution in [0.15, 0.2) is 62.1 Å². The van der Waals surface area contributed by atoms with E-state index < -0.39 is 22.6 Å². The van der Waals surface area contributed by atoms with Gasteiger partial charge >= 0.3 is 5.69 Å². The summed E-state index contributed by atoms with van der Waals surface area (Å²) in [5.41, 5.74) is -0.00912. The molecule has 0 spiro atoms. The molecule has 1 aromatic carbocycles. The zero-order valence-corrected chi connectivity index (χ0v) is 21.8. The molecule has 196 valence electrons. The fraction of sp³-hybridized carbons (Fsp3) is 0.333. The van der Waals surface area contributed by atoms with Gasteiger partial charge in [0.1, 0.15) is 24.9 Å². The van der Waals surface area contributed by atoms with Gasteiger partial charge in [0.15, 0.2) is 0 Å². The molecule has 1 aliphatic carbocycles. The summed E-state index contributed by atoms with van der Waals surface area (Å²) < 4.78 is 18.4. The second-order valence-electron chi connectivity index (χ2n) is 9.37. The van der Waals surface area contributed by atoms with Crippen molar-refractivity contribution in [1.82, 2.24) is 13.7 Å². The van der Waals surface area contributed by atoms with Crippen LogP contribution in [0.4, 0.5) is 15.9 Å². The predicted molar refractivity (Wildman–Crippen MR) is 148 cm³/mol. The Bertz CT molecular complexity index is 1660. The summed E-state index contributed by atoms with van der Waals surface area (Å²) in [5, 5.41) is 5.66. The minimum atomic E-state index is -0.585. The number of aryl methyl sites for hydroxylation is 1. The number of amides is 1. The van der Waals surface area contributed by atoms with Crippen LogP contribution in [0.3, 0.4) is 0 Å². The number of nitrogens with zero attached hydrogens (tertiary/aromatic N) is 3. The fourth-order valence-electron chi connectivity index (χ4n) is 4.51. The van der Waals surface area contributed by atoms with E-state index >= 15 is 0 Å². The summed E-state index contributed by atoms with van der Waals surface area (Å²) in [7, 11) is 7.28. The van der Waals surface area contributed by atoms with Crippen molar-refractivity contribution >= 4 is 36.2 Å². The highest BCUT2D eigenvalue weighted by atomic mass is 19.1. The first kappa shape index (κ1) is 26.9. The van der Waals surface area contributed by atoms with Gasteiger partial charge in [-0.15, -0.1) is 0 Å². The minimum Gasteiger partial charge on any atom is -0.364 e. The highest BCUT2D eigenvalue weighted by Crippen LogP contribution is 2.33. The number of carbonyl (C=O) groups excluding carboxylic acids is 1. The molecule has 0 aliphatic heterocycles. The third-order valence-electron chi connectivity index (χ3n) is 6.39. The van der Waals surface area contributed by atoms with E-state index in [1.54, 1.807) is 37.3 Å². The van der Waals surface area contributed by atoms with Crippen molar-refractivity contribution in [3.63, 3.8) is 0 Å². The summed E-state index contributed by atoms with van der Waals surface area (Å²) in [6.07, 6.45) is 4.84. The van der Waals surface area contributed by atoms with Crippen LogP contribution < -0.4 is 27.4 Å². The van der Waals surface area contributed by atoms with Crippen LogP contribution in [0.5, 0.6) is 0 Å². The van der Waals surface area contributed by atoms with E-state index in [9.17, 15) is 23.6 Å². The van der Waals surface area contributed by atoms with Crippen molar-refractivity contribution in [1.29, 1.82) is 0 Å². The minimum absolute atomic E-state index is 0.0974. The number of allylic oxidation sites excluding steroid dienone is 3. The lowest BCUT2D eigenvalue weighted by molar-refractivity contribution is -0.114. The number of hydrogen-bond acceptors (Lipinski definition) is 5. The Kier molecular flexibility index (Phi) is 7.57. The second kappa shape index (κ2) is 10.7. The van der Waals surface area contributed by atoms with Gasteiger partial charge in [-0.25, -0.2) is 9.18 Å². The predicted octanol–water partition coefficient (Wildman–Crippen LogP) is 3.18. The van der Waals surface area contributed by atoms with Gasteiger partial charge in [-0.05, 0) is 56.5 Å². The first-order valence-corrected chi connectivity index (χ1v) is 12.4. The third kappa shape index (κ3) is 5.13. The number of carbonyl (C=O) groups is 1. The zero-order chi connectivity index (χ0) is 27.7. The molecule has 2 aromatic heterocycles. The van der Waals surface area contributed by atoms with E-state index in [-0.39, 0.29) is 46.3 Å². The molecule has 1 fully saturated rings. The second-order valence-corrected chi connectivity index (χ2v) is 9.37. The van der Waals surface area contributed by atoms with Crippen LogP contribution in [0.25, 0.3) is 16.6 Å². The maximum atomic E-state index is 14.7. The first-order valence-electron chi connectivity index (χ1n) is 12.4. The standard InChI is InChI=1S/C27H29BFN5O4/c1-5-6-17(28)13-18(29)14-30-24-22-23(15(2)25(36)32(24)4)33(27(38)34(26(22)37)21-11-12-21)20-9-7-19(8-10-20)31-16(3)35/h6-10,13,21,30H,5,11-12,14H2,1-4H3,(H,31,35)/b17-6+,18-13+. The molecule has 2 heterocycles. The molecule has 0 unspecified atom stereocenters. The third-order valence-corrected chi connectivity index (χ3v) is 6.39. The summed E-state index contributed by atoms with van der Waals surface area (Å²) in [6, 6.07) is 6.26. The summed E-state index contributed by atoms with van der Waals surface area (Å²) in [4.78, 5) is 52.1. The number of anilines is 2. The van der Waals surface area contributed by atoms with Crippen molar-refractivity contribution in [2.45, 2.75) is 46.1 Å². The smallest absolute Gasteiger partial charge is 0.336 e. The average molecular weight is 517 g/mol. The SMILES string of the molecule is [B]C(=C/CC)/C=C(/F)CNc1c2c(=O)n(C3CC3)c(=O)n(-c3ccc(NC(C)=O)cc3)c2c(C)c(=O)n1C. The van der Waals surface area contributed by atoms with E-state index in [4.69, 9.17) is 7.85 Å². The number of pyridine rings is 1. The van der Waals surface area contributed by atoms with Crippen molar-refractivity contribution in [3.05, 3.63) is 84.5 Å². The molecule has 1 amide bonds. The van der Waals surface area contributed by atoms with Gasteiger partial charge in [0.2, 0.25) is 5.91 Å². The van der Waals surface area contributed by atoms with Gasteiger partial charge in [0.25, 0.3) is 11.1 Å². The maximum absolute atomic E-state index is 14.7. The molecule has 11 heteroatoms. The van der Waals surface area contributed by atoms with E-state index in [0.717, 1.165) is 0 Å². The number of halogens is 1. The number of nitrogens with one attached hydrogen (secondary N) is 2. The van der Waals surface area contributed by atoms with Crippen molar-refractivity contribution in [2.75, 3.05) is 17.2 Å². The van der Waals surface area contributed by atoms with Gasteiger partial charge < -0.3 is 10.6 Å². The topological polar surface area (TPSA) is 107 Å². The molecule has 1 aliphatic rings. The highest BCUT2D eigenvalue weighted by Gasteiger charge is 2.31. The largest absolute Gasteiger partial charge is 0.364 e. The maximum Gasteiger partial charge on any atom is 0.336 e. The van der Waals surface area contributed by atoms with Gasteiger partial charge in [0.05, 0.1) is 17.7 Å². The summed E-state index contributed by atoms with van der Waals surface area (Å²) >= 11 is 0. The number of aromatic nitrogens is 3. The van der Waals surface area contributed by atoms with E-state index in [1.165, 1.54) is 33.7 Å².